The van der Waals surface area contributed by atoms with Crippen molar-refractivity contribution in [2.24, 2.45) is 0 Å². The molecule has 1 aliphatic rings. The van der Waals surface area contributed by atoms with Crippen molar-refractivity contribution in [2.75, 3.05) is 5.32 Å². The number of anilines is 1. The highest BCUT2D eigenvalue weighted by molar-refractivity contribution is 7.83. The fraction of sp³-hybridized carbons (Fsp3) is 0.158. The molecule has 0 saturated heterocycles. The number of carbonyl (C=O) groups is 1. The molecule has 27 heavy (non-hydrogen) atoms. The first-order valence-corrected chi connectivity index (χ1v) is 10.1. The number of rotatable bonds is 3. The van der Waals surface area contributed by atoms with Crippen LogP contribution in [0.25, 0.3) is 5.69 Å². The summed E-state index contributed by atoms with van der Waals surface area (Å²) in [4.78, 5) is 12.7. The van der Waals surface area contributed by atoms with Gasteiger partial charge in [-0.3, -0.25) is 9.00 Å². The molecule has 0 aliphatic carbocycles. The van der Waals surface area contributed by atoms with E-state index in [2.05, 4.69) is 10.4 Å². The number of amides is 1. The van der Waals surface area contributed by atoms with Crippen molar-refractivity contribution in [3.63, 3.8) is 0 Å². The van der Waals surface area contributed by atoms with E-state index in [1.165, 1.54) is 18.2 Å². The summed E-state index contributed by atoms with van der Waals surface area (Å²) in [6.45, 7) is 1.97. The second-order valence-corrected chi connectivity index (χ2v) is 8.16. The minimum Gasteiger partial charge on any atom is -0.306 e. The van der Waals surface area contributed by atoms with Crippen molar-refractivity contribution < 1.29 is 13.4 Å². The molecule has 8 heteroatoms. The van der Waals surface area contributed by atoms with Crippen LogP contribution < -0.4 is 5.32 Å². The first-order valence-electron chi connectivity index (χ1n) is 8.22. The smallest absolute Gasteiger partial charge is 0.261 e. The van der Waals surface area contributed by atoms with E-state index in [0.717, 1.165) is 11.3 Å². The monoisotopic (exact) mass is 403 g/mol. The number of aryl methyl sites for hydroxylation is 1. The van der Waals surface area contributed by atoms with Crippen LogP contribution in [0.5, 0.6) is 0 Å². The maximum absolute atomic E-state index is 14.1. The van der Waals surface area contributed by atoms with Gasteiger partial charge >= 0.3 is 0 Å². The molecule has 0 fully saturated rings. The quantitative estimate of drug-likeness (QED) is 0.719. The average Bonchev–Trinajstić information content (AvgIpc) is 3.13. The number of nitrogens with one attached hydrogen (secondary N) is 1. The summed E-state index contributed by atoms with van der Waals surface area (Å²) in [5, 5.41) is 7.26. The molecule has 2 aromatic carbocycles. The number of nitrogens with zero attached hydrogens (tertiary/aromatic N) is 2. The van der Waals surface area contributed by atoms with E-state index in [4.69, 9.17) is 11.6 Å². The van der Waals surface area contributed by atoms with Crippen LogP contribution in [0.4, 0.5) is 10.2 Å². The van der Waals surface area contributed by atoms with Crippen LogP contribution in [0.1, 0.15) is 27.2 Å². The Hall–Kier alpha value is -2.51. The molecule has 1 aromatic heterocycles. The third kappa shape index (κ3) is 3.28. The molecule has 1 N–H and O–H groups in total. The zero-order valence-corrected chi connectivity index (χ0v) is 15.9. The number of fused-ring (bicyclic) bond motifs is 1. The van der Waals surface area contributed by atoms with E-state index in [9.17, 15) is 13.4 Å². The van der Waals surface area contributed by atoms with Crippen LogP contribution in [0.2, 0.25) is 5.02 Å². The average molecular weight is 404 g/mol. The lowest BCUT2D eigenvalue weighted by atomic mass is 10.2. The maximum atomic E-state index is 14.1. The molecule has 0 bridgehead atoms. The molecule has 1 atom stereocenters. The first kappa shape index (κ1) is 17.9. The summed E-state index contributed by atoms with van der Waals surface area (Å²) in [6.07, 6.45) is 0. The van der Waals surface area contributed by atoms with Gasteiger partial charge in [-0.2, -0.15) is 5.10 Å². The molecule has 0 spiro atoms. The Labute approximate surface area is 162 Å². The van der Waals surface area contributed by atoms with Gasteiger partial charge in [0.1, 0.15) is 11.6 Å². The number of hydrogen-bond donors (Lipinski definition) is 1. The van der Waals surface area contributed by atoms with Gasteiger partial charge in [0.2, 0.25) is 0 Å². The van der Waals surface area contributed by atoms with Crippen molar-refractivity contribution in [3.05, 3.63) is 75.7 Å². The molecule has 0 radical (unpaired) electrons. The van der Waals surface area contributed by atoms with E-state index < -0.39 is 22.5 Å². The van der Waals surface area contributed by atoms with Crippen molar-refractivity contribution in [2.45, 2.75) is 18.4 Å². The van der Waals surface area contributed by atoms with Crippen LogP contribution in [0, 0.1) is 12.7 Å². The summed E-state index contributed by atoms with van der Waals surface area (Å²) >= 11 is 6.01. The van der Waals surface area contributed by atoms with Gasteiger partial charge in [-0.25, -0.2) is 9.07 Å². The summed E-state index contributed by atoms with van der Waals surface area (Å²) in [5.74, 6) is -0.364. The number of benzene rings is 2. The maximum Gasteiger partial charge on any atom is 0.261 e. The van der Waals surface area contributed by atoms with Crippen LogP contribution in [-0.4, -0.2) is 19.9 Å². The summed E-state index contributed by atoms with van der Waals surface area (Å²) < 4.78 is 27.6. The minimum absolute atomic E-state index is 0.0223. The van der Waals surface area contributed by atoms with Crippen molar-refractivity contribution in [3.8, 4) is 5.69 Å². The highest BCUT2D eigenvalue weighted by Crippen LogP contribution is 2.32. The predicted octanol–water partition coefficient (Wildman–Crippen LogP) is 3.99. The molecular formula is C19H15ClFN3O2S. The van der Waals surface area contributed by atoms with Gasteiger partial charge in [0.25, 0.3) is 5.91 Å². The topological polar surface area (TPSA) is 64.0 Å². The van der Waals surface area contributed by atoms with E-state index in [1.54, 1.807) is 4.68 Å². The van der Waals surface area contributed by atoms with Crippen LogP contribution >= 0.6 is 11.6 Å². The Bertz CT molecular complexity index is 1060. The normalized spacial score (nSPS) is 15.6. The van der Waals surface area contributed by atoms with Gasteiger partial charge in [0.05, 0.1) is 33.5 Å². The summed E-state index contributed by atoms with van der Waals surface area (Å²) in [7, 11) is -1.06. The second-order valence-electron chi connectivity index (χ2n) is 6.30. The highest BCUT2D eigenvalue weighted by Gasteiger charge is 2.29. The molecule has 2 heterocycles. The van der Waals surface area contributed by atoms with Crippen LogP contribution in [-0.2, 0) is 22.3 Å². The molecule has 138 valence electrons. The van der Waals surface area contributed by atoms with Gasteiger partial charge in [0.15, 0.2) is 0 Å². The van der Waals surface area contributed by atoms with Crippen LogP contribution in [0.3, 0.4) is 0 Å². The number of hydrogen-bond acceptors (Lipinski definition) is 3. The minimum atomic E-state index is -1.06. The Morgan fingerprint density at radius 3 is 2.67 bits per heavy atom. The number of halogens is 2. The van der Waals surface area contributed by atoms with Gasteiger partial charge in [-0.15, -0.1) is 0 Å². The Morgan fingerprint density at radius 1 is 1.22 bits per heavy atom. The Balaban J connectivity index is 1.78. The lowest BCUT2D eigenvalue weighted by Gasteiger charge is -2.12. The highest BCUT2D eigenvalue weighted by atomic mass is 35.5. The molecule has 4 rings (SSSR count). The molecule has 5 nitrogen and oxygen atoms in total. The molecule has 1 aliphatic heterocycles. The van der Waals surface area contributed by atoms with Gasteiger partial charge in [0, 0.05) is 16.4 Å². The second kappa shape index (κ2) is 6.90. The molecule has 0 unspecified atom stereocenters. The molecule has 0 saturated carbocycles. The van der Waals surface area contributed by atoms with E-state index >= 15 is 0 Å². The number of carbonyl (C=O) groups excluding carboxylic acids is 1. The van der Waals surface area contributed by atoms with E-state index in [0.29, 0.717) is 28.6 Å². The standard InChI is InChI=1S/C19H15ClFN3O2S/c1-11-5-7-12(8-6-11)24-18(13-9-27(26)10-16(13)23-24)22-19(25)17-14(20)3-2-4-15(17)21/h2-8H,9-10H2,1H3,(H,22,25)/t27-/m1/s1. The fourth-order valence-electron chi connectivity index (χ4n) is 3.01. The first-order chi connectivity index (χ1) is 12.9. The predicted molar refractivity (Wildman–Crippen MR) is 103 cm³/mol. The van der Waals surface area contributed by atoms with E-state index in [1.807, 2.05) is 31.2 Å². The van der Waals surface area contributed by atoms with Crippen LogP contribution in [0.15, 0.2) is 42.5 Å². The fourth-order valence-corrected chi connectivity index (χ4v) is 4.53. The lowest BCUT2D eigenvalue weighted by molar-refractivity contribution is 0.102. The zero-order chi connectivity index (χ0) is 19.1. The largest absolute Gasteiger partial charge is 0.306 e. The third-order valence-corrected chi connectivity index (χ3v) is 5.89. The van der Waals surface area contributed by atoms with Crippen molar-refractivity contribution in [1.29, 1.82) is 0 Å². The third-order valence-electron chi connectivity index (χ3n) is 4.37. The molecular weight excluding hydrogens is 389 g/mol. The summed E-state index contributed by atoms with van der Waals surface area (Å²) in [5.41, 5.74) is 2.97. The lowest BCUT2D eigenvalue weighted by Crippen LogP contribution is -2.18. The van der Waals surface area contributed by atoms with Gasteiger partial charge in [-0.1, -0.05) is 35.4 Å². The van der Waals surface area contributed by atoms with Gasteiger partial charge < -0.3 is 5.32 Å². The molecule has 3 aromatic rings. The van der Waals surface area contributed by atoms with Crippen molar-refractivity contribution >= 4 is 34.1 Å². The van der Waals surface area contributed by atoms with Crippen molar-refractivity contribution in [1.82, 2.24) is 9.78 Å². The summed E-state index contributed by atoms with van der Waals surface area (Å²) in [6, 6.07) is 11.7. The Kier molecular flexibility index (Phi) is 4.57. The number of aromatic nitrogens is 2. The zero-order valence-electron chi connectivity index (χ0n) is 14.3. The SMILES string of the molecule is Cc1ccc(-n2nc3c(c2NC(=O)c2c(F)cccc2Cl)C[S@@](=O)C3)cc1. The van der Waals surface area contributed by atoms with E-state index in [-0.39, 0.29) is 10.6 Å². The Morgan fingerprint density at radius 2 is 1.96 bits per heavy atom. The molecule has 1 amide bonds. The van der Waals surface area contributed by atoms with Gasteiger partial charge in [-0.05, 0) is 31.2 Å².